The van der Waals surface area contributed by atoms with Crippen LogP contribution in [-0.2, 0) is 0 Å². The highest BCUT2D eigenvalue weighted by Crippen LogP contribution is 2.08. The van der Waals surface area contributed by atoms with Crippen molar-refractivity contribution < 1.29 is 15.3 Å². The van der Waals surface area contributed by atoms with E-state index in [1.54, 1.807) is 0 Å². The summed E-state index contributed by atoms with van der Waals surface area (Å²) in [6.07, 6.45) is 3.21. The van der Waals surface area contributed by atoms with Crippen molar-refractivity contribution in [1.29, 1.82) is 0 Å². The van der Waals surface area contributed by atoms with E-state index in [1.807, 2.05) is 0 Å². The number of aliphatic hydroxyl groups is 3. The van der Waals surface area contributed by atoms with Crippen molar-refractivity contribution in [3.8, 4) is 0 Å². The molecular weight excluding hydrogens is 156 g/mol. The number of rotatable bonds is 7. The molecule has 0 bridgehead atoms. The second kappa shape index (κ2) is 7.53. The normalized spacial score (nSPS) is 13.8. The summed E-state index contributed by atoms with van der Waals surface area (Å²) in [5.74, 6) is 0. The molecule has 0 aliphatic carbocycles. The van der Waals surface area contributed by atoms with Crippen molar-refractivity contribution in [2.45, 2.75) is 57.8 Å². The van der Waals surface area contributed by atoms with Gasteiger partial charge in [0.1, 0.15) is 0 Å². The van der Waals surface area contributed by atoms with Gasteiger partial charge in [0.25, 0.3) is 0 Å². The number of aliphatic hydroxyl groups excluding tert-OH is 2. The third kappa shape index (κ3) is 7.98. The molecule has 0 aromatic carbocycles. The van der Waals surface area contributed by atoms with Gasteiger partial charge in [-0.25, -0.2) is 0 Å². The molecule has 0 spiro atoms. The van der Waals surface area contributed by atoms with Crippen LogP contribution in [0.2, 0.25) is 0 Å². The van der Waals surface area contributed by atoms with E-state index in [0.717, 1.165) is 25.7 Å². The molecule has 0 aromatic heterocycles. The fourth-order valence-corrected chi connectivity index (χ4v) is 1.12. The third-order valence-corrected chi connectivity index (χ3v) is 1.90. The van der Waals surface area contributed by atoms with Gasteiger partial charge in [0.2, 0.25) is 0 Å². The highest BCUT2D eigenvalue weighted by Gasteiger charge is 2.05. The fraction of sp³-hybridized carbons (Fsp3) is 1.00. The van der Waals surface area contributed by atoms with E-state index in [0.29, 0.717) is 6.42 Å². The summed E-state index contributed by atoms with van der Waals surface area (Å²) in [4.78, 5) is 0. The molecule has 74 valence electrons. The molecule has 3 heteroatoms. The number of hydrogen-bond acceptors (Lipinski definition) is 3. The molecule has 3 nitrogen and oxygen atoms in total. The van der Waals surface area contributed by atoms with Gasteiger partial charge < -0.3 is 15.3 Å². The maximum atomic E-state index is 9.30. The molecule has 0 heterocycles. The summed E-state index contributed by atoms with van der Waals surface area (Å²) in [5.41, 5.74) is 0. The molecule has 0 amide bonds. The first-order valence-corrected chi connectivity index (χ1v) is 4.71. The minimum Gasteiger partial charge on any atom is -0.393 e. The molecule has 0 saturated carbocycles. The molecule has 1 atom stereocenters. The zero-order valence-corrected chi connectivity index (χ0v) is 7.74. The highest BCUT2D eigenvalue weighted by atomic mass is 16.5. The standard InChI is InChI=1S/C9H20O3/c1-2-3-4-5-8(10)6-7-9(11)12/h8-12H,2-7H2,1H3. The SMILES string of the molecule is CCCCCC(O)CCC(O)O. The molecular formula is C9H20O3. The van der Waals surface area contributed by atoms with Gasteiger partial charge in [-0.3, -0.25) is 0 Å². The van der Waals surface area contributed by atoms with Crippen LogP contribution in [0.15, 0.2) is 0 Å². The Morgan fingerprint density at radius 2 is 1.58 bits per heavy atom. The Morgan fingerprint density at radius 3 is 2.08 bits per heavy atom. The van der Waals surface area contributed by atoms with E-state index in [-0.39, 0.29) is 12.5 Å². The Balaban J connectivity index is 3.15. The minimum absolute atomic E-state index is 0.271. The molecule has 0 radical (unpaired) electrons. The van der Waals surface area contributed by atoms with Gasteiger partial charge in [0.15, 0.2) is 6.29 Å². The number of hydrogen-bond donors (Lipinski definition) is 3. The van der Waals surface area contributed by atoms with E-state index in [1.165, 1.54) is 0 Å². The molecule has 3 N–H and O–H groups in total. The quantitative estimate of drug-likeness (QED) is 0.401. The Bertz CT molecular complexity index is 93.8. The maximum Gasteiger partial charge on any atom is 0.151 e. The lowest BCUT2D eigenvalue weighted by atomic mass is 10.1. The largest absolute Gasteiger partial charge is 0.393 e. The van der Waals surface area contributed by atoms with Crippen molar-refractivity contribution in [3.63, 3.8) is 0 Å². The first kappa shape index (κ1) is 11.9. The van der Waals surface area contributed by atoms with Gasteiger partial charge >= 0.3 is 0 Å². The second-order valence-corrected chi connectivity index (χ2v) is 3.21. The molecule has 12 heavy (non-hydrogen) atoms. The van der Waals surface area contributed by atoms with E-state index < -0.39 is 6.29 Å². The smallest absolute Gasteiger partial charge is 0.151 e. The van der Waals surface area contributed by atoms with Crippen molar-refractivity contribution in [3.05, 3.63) is 0 Å². The predicted octanol–water partition coefficient (Wildman–Crippen LogP) is 1.02. The topological polar surface area (TPSA) is 60.7 Å². The molecule has 0 aliphatic heterocycles. The first-order chi connectivity index (χ1) is 5.66. The Morgan fingerprint density at radius 1 is 0.917 bits per heavy atom. The lowest BCUT2D eigenvalue weighted by Crippen LogP contribution is -2.12. The van der Waals surface area contributed by atoms with Gasteiger partial charge in [0.05, 0.1) is 6.10 Å². The van der Waals surface area contributed by atoms with Crippen molar-refractivity contribution in [2.24, 2.45) is 0 Å². The Kier molecular flexibility index (Phi) is 7.45. The van der Waals surface area contributed by atoms with Gasteiger partial charge in [-0.2, -0.15) is 0 Å². The first-order valence-electron chi connectivity index (χ1n) is 4.71. The summed E-state index contributed by atoms with van der Waals surface area (Å²) >= 11 is 0. The summed E-state index contributed by atoms with van der Waals surface area (Å²) in [7, 11) is 0. The molecule has 0 saturated heterocycles. The van der Waals surface area contributed by atoms with E-state index in [9.17, 15) is 5.11 Å². The number of unbranched alkanes of at least 4 members (excludes halogenated alkanes) is 2. The molecule has 0 rings (SSSR count). The monoisotopic (exact) mass is 176 g/mol. The Hall–Kier alpha value is -0.120. The minimum atomic E-state index is -1.27. The van der Waals surface area contributed by atoms with Crippen LogP contribution in [0.3, 0.4) is 0 Å². The predicted molar refractivity (Wildman–Crippen MR) is 47.6 cm³/mol. The van der Waals surface area contributed by atoms with Crippen LogP contribution >= 0.6 is 0 Å². The fourth-order valence-electron chi connectivity index (χ4n) is 1.12. The molecule has 1 unspecified atom stereocenters. The van der Waals surface area contributed by atoms with E-state index in [4.69, 9.17) is 10.2 Å². The zero-order chi connectivity index (χ0) is 9.40. The molecule has 0 aromatic rings. The average molecular weight is 176 g/mol. The van der Waals surface area contributed by atoms with Crippen LogP contribution in [0.5, 0.6) is 0 Å². The van der Waals surface area contributed by atoms with E-state index in [2.05, 4.69) is 6.92 Å². The lowest BCUT2D eigenvalue weighted by molar-refractivity contribution is -0.0534. The average Bonchev–Trinajstić information content (AvgIpc) is 2.01. The van der Waals surface area contributed by atoms with Crippen LogP contribution in [0, 0.1) is 0 Å². The maximum absolute atomic E-state index is 9.30. The van der Waals surface area contributed by atoms with Gasteiger partial charge in [-0.1, -0.05) is 26.2 Å². The van der Waals surface area contributed by atoms with Crippen LogP contribution in [0.25, 0.3) is 0 Å². The summed E-state index contributed by atoms with van der Waals surface area (Å²) in [6.45, 7) is 2.11. The summed E-state index contributed by atoms with van der Waals surface area (Å²) in [6, 6.07) is 0. The van der Waals surface area contributed by atoms with Crippen molar-refractivity contribution >= 4 is 0 Å². The van der Waals surface area contributed by atoms with Crippen molar-refractivity contribution in [1.82, 2.24) is 0 Å². The molecule has 0 fully saturated rings. The van der Waals surface area contributed by atoms with Crippen molar-refractivity contribution in [2.75, 3.05) is 0 Å². The molecule has 0 aliphatic rings. The van der Waals surface area contributed by atoms with Gasteiger partial charge in [-0.05, 0) is 12.8 Å². The Labute approximate surface area is 74.0 Å². The third-order valence-electron chi connectivity index (χ3n) is 1.90. The second-order valence-electron chi connectivity index (χ2n) is 3.21. The van der Waals surface area contributed by atoms with Crippen LogP contribution in [-0.4, -0.2) is 27.7 Å². The lowest BCUT2D eigenvalue weighted by Gasteiger charge is -2.10. The van der Waals surface area contributed by atoms with Gasteiger partial charge in [0, 0.05) is 6.42 Å². The summed E-state index contributed by atoms with van der Waals surface area (Å²) < 4.78 is 0. The highest BCUT2D eigenvalue weighted by molar-refractivity contribution is 4.56. The summed E-state index contributed by atoms with van der Waals surface area (Å²) in [5, 5.41) is 26.3. The van der Waals surface area contributed by atoms with Crippen LogP contribution in [0.4, 0.5) is 0 Å². The van der Waals surface area contributed by atoms with E-state index >= 15 is 0 Å². The van der Waals surface area contributed by atoms with Gasteiger partial charge in [-0.15, -0.1) is 0 Å². The van der Waals surface area contributed by atoms with Crippen LogP contribution < -0.4 is 0 Å². The van der Waals surface area contributed by atoms with Crippen LogP contribution in [0.1, 0.15) is 45.4 Å². The zero-order valence-electron chi connectivity index (χ0n) is 7.74.